The molecule has 140 valence electrons. The van der Waals surface area contributed by atoms with Gasteiger partial charge in [-0.15, -0.1) is 0 Å². The summed E-state index contributed by atoms with van der Waals surface area (Å²) in [5.74, 6) is 0.227. The Hall–Kier alpha value is -2.09. The standard InChI is InChI=1S/C18H16Cl2N4O2S/c1-10(2)24-17(26)13-5-3-11(19)7-14(13)22-18(24)27-9-16(25)23-15-6-4-12(20)8-21-15/h3-8,10H,9H2,1-2H3,(H,21,23,25). The third-order valence-electron chi connectivity index (χ3n) is 3.67. The fraction of sp³-hybridized carbons (Fsp3) is 0.222. The van der Waals surface area contributed by atoms with Crippen LogP contribution in [0.15, 0.2) is 46.5 Å². The molecule has 0 atom stereocenters. The molecule has 0 aliphatic heterocycles. The Morgan fingerprint density at radius 1 is 1.22 bits per heavy atom. The maximum Gasteiger partial charge on any atom is 0.262 e. The van der Waals surface area contributed by atoms with Gasteiger partial charge < -0.3 is 5.32 Å². The average Bonchev–Trinajstić information content (AvgIpc) is 2.61. The summed E-state index contributed by atoms with van der Waals surface area (Å²) in [5.41, 5.74) is 0.348. The van der Waals surface area contributed by atoms with Crippen molar-refractivity contribution in [1.82, 2.24) is 14.5 Å². The molecule has 0 bridgehead atoms. The molecule has 27 heavy (non-hydrogen) atoms. The van der Waals surface area contributed by atoms with Gasteiger partial charge in [0.1, 0.15) is 5.82 Å². The first kappa shape index (κ1) is 19.7. The molecule has 0 aliphatic carbocycles. The summed E-state index contributed by atoms with van der Waals surface area (Å²) >= 11 is 13.0. The minimum atomic E-state index is -0.259. The van der Waals surface area contributed by atoms with Crippen LogP contribution in [0.5, 0.6) is 0 Å². The summed E-state index contributed by atoms with van der Waals surface area (Å²) in [7, 11) is 0. The normalized spacial score (nSPS) is 11.1. The van der Waals surface area contributed by atoms with E-state index in [1.165, 1.54) is 18.0 Å². The van der Waals surface area contributed by atoms with Crippen molar-refractivity contribution in [1.29, 1.82) is 0 Å². The van der Waals surface area contributed by atoms with Crippen LogP contribution in [0.4, 0.5) is 5.82 Å². The molecular weight excluding hydrogens is 407 g/mol. The molecule has 6 nitrogen and oxygen atoms in total. The van der Waals surface area contributed by atoms with Crippen molar-refractivity contribution in [2.75, 3.05) is 11.1 Å². The van der Waals surface area contributed by atoms with Gasteiger partial charge in [-0.25, -0.2) is 9.97 Å². The number of hydrogen-bond acceptors (Lipinski definition) is 5. The van der Waals surface area contributed by atoms with Gasteiger partial charge in [-0.3, -0.25) is 14.2 Å². The van der Waals surface area contributed by atoms with Crippen LogP contribution in [0.3, 0.4) is 0 Å². The highest BCUT2D eigenvalue weighted by Gasteiger charge is 2.16. The SMILES string of the molecule is CC(C)n1c(SCC(=O)Nc2ccc(Cl)cn2)nc2cc(Cl)ccc2c1=O. The van der Waals surface area contributed by atoms with E-state index in [2.05, 4.69) is 15.3 Å². The smallest absolute Gasteiger partial charge is 0.262 e. The predicted octanol–water partition coefficient (Wildman–Crippen LogP) is 4.41. The van der Waals surface area contributed by atoms with Crippen molar-refractivity contribution in [3.8, 4) is 0 Å². The molecule has 9 heteroatoms. The van der Waals surface area contributed by atoms with Crippen LogP contribution in [0.1, 0.15) is 19.9 Å². The molecule has 2 heterocycles. The zero-order valence-electron chi connectivity index (χ0n) is 14.6. The van der Waals surface area contributed by atoms with Gasteiger partial charge in [0.15, 0.2) is 5.16 Å². The van der Waals surface area contributed by atoms with E-state index < -0.39 is 0 Å². The van der Waals surface area contributed by atoms with Gasteiger partial charge in [0.25, 0.3) is 5.56 Å². The van der Waals surface area contributed by atoms with Gasteiger partial charge in [-0.05, 0) is 44.2 Å². The molecule has 3 rings (SSSR count). The number of carbonyl (C=O) groups is 1. The molecule has 0 spiro atoms. The molecule has 1 aromatic carbocycles. The highest BCUT2D eigenvalue weighted by molar-refractivity contribution is 7.99. The molecule has 1 amide bonds. The fourth-order valence-corrected chi connectivity index (χ4v) is 3.67. The number of anilines is 1. The second-order valence-corrected chi connectivity index (χ2v) is 7.84. The van der Waals surface area contributed by atoms with E-state index in [1.54, 1.807) is 34.9 Å². The lowest BCUT2D eigenvalue weighted by Gasteiger charge is -2.16. The lowest BCUT2D eigenvalue weighted by atomic mass is 10.2. The zero-order valence-corrected chi connectivity index (χ0v) is 16.9. The minimum absolute atomic E-state index is 0.0789. The molecule has 0 saturated carbocycles. The highest BCUT2D eigenvalue weighted by atomic mass is 35.5. The van der Waals surface area contributed by atoms with Crippen molar-refractivity contribution < 1.29 is 4.79 Å². The Labute approximate surface area is 169 Å². The number of nitrogens with zero attached hydrogens (tertiary/aromatic N) is 3. The molecule has 1 N–H and O–H groups in total. The summed E-state index contributed by atoms with van der Waals surface area (Å²) in [4.78, 5) is 33.6. The van der Waals surface area contributed by atoms with Crippen LogP contribution >= 0.6 is 35.0 Å². The van der Waals surface area contributed by atoms with Crippen molar-refractivity contribution in [3.63, 3.8) is 0 Å². The highest BCUT2D eigenvalue weighted by Crippen LogP contribution is 2.23. The van der Waals surface area contributed by atoms with Gasteiger partial charge in [-0.2, -0.15) is 0 Å². The lowest BCUT2D eigenvalue weighted by molar-refractivity contribution is -0.113. The third kappa shape index (κ3) is 4.61. The summed E-state index contributed by atoms with van der Waals surface area (Å²) < 4.78 is 1.58. The topological polar surface area (TPSA) is 76.9 Å². The van der Waals surface area contributed by atoms with Crippen LogP contribution in [-0.4, -0.2) is 26.2 Å². The number of hydrogen-bond donors (Lipinski definition) is 1. The average molecular weight is 423 g/mol. The Bertz CT molecular complexity index is 1050. The Morgan fingerprint density at radius 2 is 1.96 bits per heavy atom. The first-order chi connectivity index (χ1) is 12.8. The lowest BCUT2D eigenvalue weighted by Crippen LogP contribution is -2.25. The maximum absolute atomic E-state index is 12.8. The van der Waals surface area contributed by atoms with E-state index in [1.807, 2.05) is 13.8 Å². The van der Waals surface area contributed by atoms with E-state index in [0.29, 0.717) is 31.9 Å². The monoisotopic (exact) mass is 422 g/mol. The summed E-state index contributed by atoms with van der Waals surface area (Å²) in [6.07, 6.45) is 1.45. The number of pyridine rings is 1. The van der Waals surface area contributed by atoms with Crippen LogP contribution in [0.25, 0.3) is 10.9 Å². The molecule has 2 aromatic heterocycles. The quantitative estimate of drug-likeness (QED) is 0.486. The van der Waals surface area contributed by atoms with E-state index >= 15 is 0 Å². The van der Waals surface area contributed by atoms with Crippen LogP contribution < -0.4 is 10.9 Å². The number of nitrogens with one attached hydrogen (secondary N) is 1. The number of halogens is 2. The Morgan fingerprint density at radius 3 is 2.63 bits per heavy atom. The van der Waals surface area contributed by atoms with Gasteiger partial charge in [0, 0.05) is 17.3 Å². The predicted molar refractivity (Wildman–Crippen MR) is 110 cm³/mol. The van der Waals surface area contributed by atoms with Crippen LogP contribution in [0.2, 0.25) is 10.0 Å². The number of carbonyl (C=O) groups excluding carboxylic acids is 1. The van der Waals surface area contributed by atoms with Crippen LogP contribution in [-0.2, 0) is 4.79 Å². The zero-order chi connectivity index (χ0) is 19.6. The summed E-state index contributed by atoms with van der Waals surface area (Å²) in [6.45, 7) is 3.79. The minimum Gasteiger partial charge on any atom is -0.310 e. The number of amides is 1. The third-order valence-corrected chi connectivity index (χ3v) is 5.09. The van der Waals surface area contributed by atoms with Crippen molar-refractivity contribution in [2.45, 2.75) is 25.0 Å². The Kier molecular flexibility index (Phi) is 6.04. The van der Waals surface area contributed by atoms with E-state index in [9.17, 15) is 9.59 Å². The number of benzene rings is 1. The second-order valence-electron chi connectivity index (χ2n) is 6.02. The number of thioether (sulfide) groups is 1. The van der Waals surface area contributed by atoms with E-state index in [-0.39, 0.29) is 23.3 Å². The second kappa shape index (κ2) is 8.29. The molecule has 0 fully saturated rings. The maximum atomic E-state index is 12.8. The van der Waals surface area contributed by atoms with Gasteiger partial charge >= 0.3 is 0 Å². The largest absolute Gasteiger partial charge is 0.310 e. The first-order valence-electron chi connectivity index (χ1n) is 8.11. The van der Waals surface area contributed by atoms with Crippen molar-refractivity contribution in [2.24, 2.45) is 0 Å². The molecule has 0 radical (unpaired) electrons. The summed E-state index contributed by atoms with van der Waals surface area (Å²) in [6, 6.07) is 8.13. The Balaban J connectivity index is 1.84. The molecule has 0 aliphatic rings. The number of rotatable bonds is 5. The first-order valence-corrected chi connectivity index (χ1v) is 9.85. The van der Waals surface area contributed by atoms with E-state index in [0.717, 1.165) is 0 Å². The van der Waals surface area contributed by atoms with Crippen molar-refractivity contribution in [3.05, 3.63) is 56.9 Å². The molecular formula is C18H16Cl2N4O2S. The summed E-state index contributed by atoms with van der Waals surface area (Å²) in [5, 5.41) is 4.63. The van der Waals surface area contributed by atoms with Gasteiger partial charge in [0.2, 0.25) is 5.91 Å². The van der Waals surface area contributed by atoms with E-state index in [4.69, 9.17) is 23.2 Å². The van der Waals surface area contributed by atoms with Crippen molar-refractivity contribution >= 4 is 57.6 Å². The van der Waals surface area contributed by atoms with Gasteiger partial charge in [-0.1, -0.05) is 35.0 Å². The molecule has 0 unspecified atom stereocenters. The number of fused-ring (bicyclic) bond motifs is 1. The number of aromatic nitrogens is 3. The molecule has 3 aromatic rings. The molecule has 0 saturated heterocycles. The van der Waals surface area contributed by atoms with Gasteiger partial charge in [0.05, 0.1) is 21.7 Å². The fourth-order valence-electron chi connectivity index (χ4n) is 2.47. The van der Waals surface area contributed by atoms with Crippen LogP contribution in [0, 0.1) is 0 Å².